The van der Waals surface area contributed by atoms with Crippen molar-refractivity contribution in [3.63, 3.8) is 0 Å². The monoisotopic (exact) mass is 279 g/mol. The molecule has 1 aromatic heterocycles. The molecule has 0 saturated heterocycles. The van der Waals surface area contributed by atoms with Gasteiger partial charge < -0.3 is 0 Å². The van der Waals surface area contributed by atoms with Crippen LogP contribution in [0, 0.1) is 0 Å². The summed E-state index contributed by atoms with van der Waals surface area (Å²) in [5.74, 6) is -0.309. The van der Waals surface area contributed by atoms with Gasteiger partial charge >= 0.3 is 0 Å². The fourth-order valence-electron chi connectivity index (χ4n) is 1.74. The summed E-state index contributed by atoms with van der Waals surface area (Å²) in [7, 11) is 0. The van der Waals surface area contributed by atoms with Crippen molar-refractivity contribution in [2.45, 2.75) is 13.3 Å². The van der Waals surface area contributed by atoms with Crippen LogP contribution in [0.2, 0.25) is 0 Å². The molecule has 0 unspecified atom stereocenters. The van der Waals surface area contributed by atoms with E-state index in [0.29, 0.717) is 12.1 Å². The number of allylic oxidation sites excluding steroid dienone is 1. The van der Waals surface area contributed by atoms with E-state index in [1.54, 1.807) is 30.6 Å². The van der Waals surface area contributed by atoms with E-state index in [1.807, 2.05) is 37.3 Å². The number of benzene rings is 1. The zero-order valence-corrected chi connectivity index (χ0v) is 11.9. The van der Waals surface area contributed by atoms with Gasteiger partial charge in [0.2, 0.25) is 0 Å². The van der Waals surface area contributed by atoms with Crippen LogP contribution in [0.1, 0.15) is 29.4 Å². The maximum atomic E-state index is 11.7. The Morgan fingerprint density at radius 2 is 1.95 bits per heavy atom. The van der Waals surface area contributed by atoms with E-state index in [2.05, 4.69) is 21.6 Å². The first-order valence-corrected chi connectivity index (χ1v) is 6.71. The normalized spacial score (nSPS) is 11.6. The summed E-state index contributed by atoms with van der Waals surface area (Å²) in [6, 6.07) is 15.2. The molecule has 2 rings (SSSR count). The SMILES string of the molecule is C/C(=C\c1ccccc1)C/C=N\NC(=O)c1ccccn1. The molecule has 0 radical (unpaired) electrons. The number of nitrogens with zero attached hydrogens (tertiary/aromatic N) is 2. The minimum Gasteiger partial charge on any atom is -0.266 e. The number of hydrazone groups is 1. The molecule has 0 aliphatic carbocycles. The Morgan fingerprint density at radius 3 is 2.67 bits per heavy atom. The van der Waals surface area contributed by atoms with E-state index in [1.165, 1.54) is 0 Å². The molecule has 4 heteroatoms. The first-order chi connectivity index (χ1) is 10.3. The van der Waals surface area contributed by atoms with Gasteiger partial charge in [-0.05, 0) is 24.6 Å². The highest BCUT2D eigenvalue weighted by Gasteiger charge is 2.02. The Kier molecular flexibility index (Phi) is 5.41. The molecular weight excluding hydrogens is 262 g/mol. The number of hydrogen-bond acceptors (Lipinski definition) is 3. The second-order valence-electron chi connectivity index (χ2n) is 4.57. The van der Waals surface area contributed by atoms with Gasteiger partial charge in [-0.2, -0.15) is 5.10 Å². The predicted octanol–water partition coefficient (Wildman–Crippen LogP) is 3.29. The van der Waals surface area contributed by atoms with Crippen LogP contribution in [0.15, 0.2) is 65.4 Å². The molecule has 1 amide bonds. The maximum absolute atomic E-state index is 11.7. The molecule has 0 atom stereocenters. The van der Waals surface area contributed by atoms with Gasteiger partial charge in [0.1, 0.15) is 5.69 Å². The lowest BCUT2D eigenvalue weighted by Gasteiger charge is -1.99. The fraction of sp³-hybridized carbons (Fsp3) is 0.118. The van der Waals surface area contributed by atoms with Gasteiger partial charge in [0.15, 0.2) is 0 Å². The molecule has 0 bridgehead atoms. The number of rotatable bonds is 5. The van der Waals surface area contributed by atoms with Crippen LogP contribution < -0.4 is 5.43 Å². The quantitative estimate of drug-likeness (QED) is 0.674. The van der Waals surface area contributed by atoms with E-state index < -0.39 is 0 Å². The van der Waals surface area contributed by atoms with E-state index in [0.717, 1.165) is 11.1 Å². The van der Waals surface area contributed by atoms with Gasteiger partial charge in [-0.25, -0.2) is 5.43 Å². The van der Waals surface area contributed by atoms with Crippen LogP contribution in [-0.2, 0) is 0 Å². The lowest BCUT2D eigenvalue weighted by atomic mass is 10.1. The lowest BCUT2D eigenvalue weighted by Crippen LogP contribution is -2.18. The smallest absolute Gasteiger partial charge is 0.266 e. The van der Waals surface area contributed by atoms with Crippen molar-refractivity contribution in [2.75, 3.05) is 0 Å². The highest BCUT2D eigenvalue weighted by atomic mass is 16.2. The van der Waals surface area contributed by atoms with E-state index in [-0.39, 0.29) is 5.91 Å². The largest absolute Gasteiger partial charge is 0.289 e. The van der Waals surface area contributed by atoms with Crippen molar-refractivity contribution in [1.29, 1.82) is 0 Å². The summed E-state index contributed by atoms with van der Waals surface area (Å²) in [5.41, 5.74) is 5.13. The lowest BCUT2D eigenvalue weighted by molar-refractivity contribution is 0.0950. The summed E-state index contributed by atoms with van der Waals surface area (Å²) < 4.78 is 0. The molecule has 1 heterocycles. The number of pyridine rings is 1. The summed E-state index contributed by atoms with van der Waals surface area (Å²) in [6.07, 6.45) is 6.02. The van der Waals surface area contributed by atoms with Gasteiger partial charge in [0.25, 0.3) is 5.91 Å². The van der Waals surface area contributed by atoms with Crippen molar-refractivity contribution >= 4 is 18.2 Å². The second-order valence-corrected chi connectivity index (χ2v) is 4.57. The minimum absolute atomic E-state index is 0.309. The van der Waals surface area contributed by atoms with Gasteiger partial charge in [0, 0.05) is 18.8 Å². The Bertz CT molecular complexity index is 634. The number of aromatic nitrogens is 1. The van der Waals surface area contributed by atoms with Crippen LogP contribution >= 0.6 is 0 Å². The molecule has 1 N–H and O–H groups in total. The molecule has 0 aliphatic rings. The van der Waals surface area contributed by atoms with Crippen molar-refractivity contribution in [3.8, 4) is 0 Å². The molecule has 0 spiro atoms. The van der Waals surface area contributed by atoms with Crippen LogP contribution in [0.3, 0.4) is 0 Å². The molecule has 21 heavy (non-hydrogen) atoms. The Hall–Kier alpha value is -2.75. The zero-order valence-electron chi connectivity index (χ0n) is 11.9. The highest BCUT2D eigenvalue weighted by Crippen LogP contribution is 2.07. The van der Waals surface area contributed by atoms with Crippen LogP contribution in [0.4, 0.5) is 0 Å². The average molecular weight is 279 g/mol. The van der Waals surface area contributed by atoms with Gasteiger partial charge in [-0.3, -0.25) is 9.78 Å². The van der Waals surface area contributed by atoms with Crippen molar-refractivity contribution in [1.82, 2.24) is 10.4 Å². The third-order valence-electron chi connectivity index (χ3n) is 2.78. The number of nitrogens with one attached hydrogen (secondary N) is 1. The number of hydrogen-bond donors (Lipinski definition) is 1. The summed E-state index contributed by atoms with van der Waals surface area (Å²) in [5, 5.41) is 3.92. The van der Waals surface area contributed by atoms with Crippen LogP contribution in [-0.4, -0.2) is 17.1 Å². The number of carbonyl (C=O) groups is 1. The highest BCUT2D eigenvalue weighted by molar-refractivity contribution is 5.92. The maximum Gasteiger partial charge on any atom is 0.289 e. The topological polar surface area (TPSA) is 54.4 Å². The van der Waals surface area contributed by atoms with Crippen LogP contribution in [0.25, 0.3) is 6.08 Å². The van der Waals surface area contributed by atoms with Gasteiger partial charge in [-0.1, -0.05) is 48.0 Å². The Balaban J connectivity index is 1.83. The standard InChI is InChI=1S/C17H17N3O/c1-14(13-15-7-3-2-4-8-15)10-12-19-20-17(21)16-9-5-6-11-18-16/h2-9,11-13H,10H2,1H3,(H,20,21)/b14-13+,19-12-. The fourth-order valence-corrected chi connectivity index (χ4v) is 1.74. The van der Waals surface area contributed by atoms with Crippen molar-refractivity contribution in [2.24, 2.45) is 5.10 Å². The first-order valence-electron chi connectivity index (χ1n) is 6.71. The Labute approximate surface area is 124 Å². The molecule has 0 saturated carbocycles. The predicted molar refractivity (Wildman–Crippen MR) is 84.9 cm³/mol. The molecule has 106 valence electrons. The molecule has 2 aromatic rings. The average Bonchev–Trinajstić information content (AvgIpc) is 2.53. The van der Waals surface area contributed by atoms with Crippen molar-refractivity contribution in [3.05, 3.63) is 71.6 Å². The number of amides is 1. The van der Waals surface area contributed by atoms with Crippen LogP contribution in [0.5, 0.6) is 0 Å². The second kappa shape index (κ2) is 7.75. The third-order valence-corrected chi connectivity index (χ3v) is 2.78. The molecule has 1 aromatic carbocycles. The molecule has 4 nitrogen and oxygen atoms in total. The Morgan fingerprint density at radius 1 is 1.19 bits per heavy atom. The van der Waals surface area contributed by atoms with E-state index >= 15 is 0 Å². The minimum atomic E-state index is -0.309. The first kappa shape index (κ1) is 14.7. The zero-order chi connectivity index (χ0) is 14.9. The summed E-state index contributed by atoms with van der Waals surface area (Å²) in [6.45, 7) is 2.03. The van der Waals surface area contributed by atoms with Gasteiger partial charge in [0.05, 0.1) is 0 Å². The third kappa shape index (κ3) is 5.03. The molecule has 0 aliphatic heterocycles. The summed E-state index contributed by atoms with van der Waals surface area (Å²) in [4.78, 5) is 15.6. The van der Waals surface area contributed by atoms with E-state index in [9.17, 15) is 4.79 Å². The molecular formula is C17H17N3O. The summed E-state index contributed by atoms with van der Waals surface area (Å²) >= 11 is 0. The van der Waals surface area contributed by atoms with E-state index in [4.69, 9.17) is 0 Å². The number of carbonyl (C=O) groups excluding carboxylic acids is 1. The van der Waals surface area contributed by atoms with Crippen molar-refractivity contribution < 1.29 is 4.79 Å². The van der Waals surface area contributed by atoms with Gasteiger partial charge in [-0.15, -0.1) is 0 Å². The molecule has 0 fully saturated rings.